The Morgan fingerprint density at radius 3 is 2.50 bits per heavy atom. The molecule has 1 aliphatic heterocycles. The number of aryl methyl sites for hydroxylation is 1. The third-order valence-corrected chi connectivity index (χ3v) is 4.76. The molecule has 7 heteroatoms. The van der Waals surface area contributed by atoms with E-state index in [1.807, 2.05) is 35.2 Å². The van der Waals surface area contributed by atoms with Gasteiger partial charge in [-0.2, -0.15) is 0 Å². The van der Waals surface area contributed by atoms with Crippen LogP contribution in [-0.4, -0.2) is 62.7 Å². The molecule has 7 nitrogen and oxygen atoms in total. The summed E-state index contributed by atoms with van der Waals surface area (Å²) in [6.45, 7) is 2.28. The topological polar surface area (TPSA) is 85.1 Å². The Balaban J connectivity index is 1.29. The van der Waals surface area contributed by atoms with Crippen LogP contribution in [0.3, 0.4) is 0 Å². The molecule has 0 spiro atoms. The van der Waals surface area contributed by atoms with Crippen molar-refractivity contribution in [2.45, 2.75) is 12.8 Å². The zero-order valence-corrected chi connectivity index (χ0v) is 14.4. The lowest BCUT2D eigenvalue weighted by atomic mass is 10.2. The summed E-state index contributed by atoms with van der Waals surface area (Å²) in [6.07, 6.45) is 2.75. The molecule has 3 heterocycles. The molecule has 2 N–H and O–H groups in total. The zero-order chi connectivity index (χ0) is 17.9. The third kappa shape index (κ3) is 3.33. The molecule has 1 aromatic carbocycles. The molecule has 0 radical (unpaired) electrons. The number of piperazine rings is 1. The van der Waals surface area contributed by atoms with Crippen LogP contribution in [0, 0.1) is 0 Å². The number of aromatic nitrogens is 3. The van der Waals surface area contributed by atoms with Gasteiger partial charge in [0, 0.05) is 45.2 Å². The van der Waals surface area contributed by atoms with Crippen molar-refractivity contribution in [1.29, 1.82) is 0 Å². The Labute approximate surface area is 151 Å². The molecule has 0 atom stereocenters. The maximum atomic E-state index is 12.5. The van der Waals surface area contributed by atoms with Crippen LogP contribution in [0.15, 0.2) is 42.6 Å². The second kappa shape index (κ2) is 7.03. The first-order chi connectivity index (χ1) is 12.7. The molecule has 26 heavy (non-hydrogen) atoms. The molecular weight excluding hydrogens is 330 g/mol. The van der Waals surface area contributed by atoms with Crippen molar-refractivity contribution in [3.63, 3.8) is 0 Å². The second-order valence-corrected chi connectivity index (χ2v) is 6.46. The number of imidazole rings is 1. The number of benzene rings is 1. The Hall–Kier alpha value is -3.09. The molecule has 1 saturated heterocycles. The lowest BCUT2D eigenvalue weighted by molar-refractivity contribution is -0.132. The van der Waals surface area contributed by atoms with Crippen LogP contribution in [0.2, 0.25) is 0 Å². The molecule has 0 aliphatic carbocycles. The van der Waals surface area contributed by atoms with E-state index in [-0.39, 0.29) is 11.8 Å². The van der Waals surface area contributed by atoms with Gasteiger partial charge in [-0.1, -0.05) is 12.1 Å². The fraction of sp³-hybridized carbons (Fsp3) is 0.316. The number of hydrogen-bond acceptors (Lipinski definition) is 3. The number of nitrogens with zero attached hydrogens (tertiary/aromatic N) is 3. The summed E-state index contributed by atoms with van der Waals surface area (Å²) in [5.74, 6) is 0.932. The Morgan fingerprint density at radius 1 is 1.00 bits per heavy atom. The summed E-state index contributed by atoms with van der Waals surface area (Å²) in [7, 11) is 0. The van der Waals surface area contributed by atoms with Crippen LogP contribution < -0.4 is 0 Å². The van der Waals surface area contributed by atoms with Gasteiger partial charge < -0.3 is 19.8 Å². The van der Waals surface area contributed by atoms with E-state index >= 15 is 0 Å². The summed E-state index contributed by atoms with van der Waals surface area (Å²) >= 11 is 0. The maximum Gasteiger partial charge on any atom is 0.270 e. The SMILES string of the molecule is O=C(CCc1nc2ccccc2[nH]1)N1CCN(C(=O)c2ccc[nH]2)CC1. The molecule has 134 valence electrons. The molecule has 0 saturated carbocycles. The molecule has 0 bridgehead atoms. The van der Waals surface area contributed by atoms with Crippen molar-refractivity contribution < 1.29 is 9.59 Å². The highest BCUT2D eigenvalue weighted by Crippen LogP contribution is 2.13. The minimum absolute atomic E-state index is 0.00984. The van der Waals surface area contributed by atoms with Crippen LogP contribution in [0.5, 0.6) is 0 Å². The fourth-order valence-electron chi connectivity index (χ4n) is 3.30. The lowest BCUT2D eigenvalue weighted by Crippen LogP contribution is -2.50. The minimum Gasteiger partial charge on any atom is -0.357 e. The largest absolute Gasteiger partial charge is 0.357 e. The third-order valence-electron chi connectivity index (χ3n) is 4.76. The van der Waals surface area contributed by atoms with Gasteiger partial charge in [-0.05, 0) is 24.3 Å². The van der Waals surface area contributed by atoms with Crippen LogP contribution >= 0.6 is 0 Å². The molecule has 0 unspecified atom stereocenters. The maximum absolute atomic E-state index is 12.5. The highest BCUT2D eigenvalue weighted by atomic mass is 16.2. The quantitative estimate of drug-likeness (QED) is 0.752. The number of amides is 2. The van der Waals surface area contributed by atoms with E-state index in [4.69, 9.17) is 0 Å². The highest BCUT2D eigenvalue weighted by Gasteiger charge is 2.25. The van der Waals surface area contributed by atoms with Crippen molar-refractivity contribution in [3.05, 3.63) is 54.1 Å². The number of hydrogen-bond donors (Lipinski definition) is 2. The van der Waals surface area contributed by atoms with Gasteiger partial charge in [0.1, 0.15) is 11.5 Å². The summed E-state index contributed by atoms with van der Waals surface area (Å²) in [6, 6.07) is 11.4. The number of H-pyrrole nitrogens is 2. The molecule has 2 amide bonds. The number of nitrogens with one attached hydrogen (secondary N) is 2. The van der Waals surface area contributed by atoms with Crippen LogP contribution in [0.25, 0.3) is 11.0 Å². The predicted octanol–water partition coefficient (Wildman–Crippen LogP) is 1.81. The molecule has 2 aromatic heterocycles. The molecule has 1 fully saturated rings. The molecule has 1 aliphatic rings. The fourth-order valence-corrected chi connectivity index (χ4v) is 3.30. The van der Waals surface area contributed by atoms with E-state index in [0.29, 0.717) is 44.7 Å². The van der Waals surface area contributed by atoms with Gasteiger partial charge in [-0.25, -0.2) is 4.98 Å². The second-order valence-electron chi connectivity index (χ2n) is 6.46. The molecule has 3 aromatic rings. The molecule has 4 rings (SSSR count). The van der Waals surface area contributed by atoms with Crippen molar-refractivity contribution in [1.82, 2.24) is 24.8 Å². The number of aromatic amines is 2. The summed E-state index contributed by atoms with van der Waals surface area (Å²) in [5, 5.41) is 0. The number of para-hydroxylation sites is 2. The molecular formula is C19H21N5O2. The summed E-state index contributed by atoms with van der Waals surface area (Å²) in [5.41, 5.74) is 2.51. The average Bonchev–Trinajstić information content (AvgIpc) is 3.35. The van der Waals surface area contributed by atoms with Crippen LogP contribution in [0.4, 0.5) is 0 Å². The van der Waals surface area contributed by atoms with Crippen LogP contribution in [-0.2, 0) is 11.2 Å². The van der Waals surface area contributed by atoms with Crippen molar-refractivity contribution in [2.75, 3.05) is 26.2 Å². The summed E-state index contributed by atoms with van der Waals surface area (Å²) < 4.78 is 0. The normalized spacial score (nSPS) is 14.8. The van der Waals surface area contributed by atoms with Gasteiger partial charge in [0.15, 0.2) is 0 Å². The van der Waals surface area contributed by atoms with Gasteiger partial charge in [0.2, 0.25) is 5.91 Å². The Morgan fingerprint density at radius 2 is 1.77 bits per heavy atom. The smallest absolute Gasteiger partial charge is 0.270 e. The zero-order valence-electron chi connectivity index (χ0n) is 14.4. The van der Waals surface area contributed by atoms with Gasteiger partial charge in [0.25, 0.3) is 5.91 Å². The van der Waals surface area contributed by atoms with E-state index in [2.05, 4.69) is 15.0 Å². The van der Waals surface area contributed by atoms with E-state index in [1.54, 1.807) is 17.2 Å². The van der Waals surface area contributed by atoms with Crippen molar-refractivity contribution in [2.24, 2.45) is 0 Å². The Bertz CT molecular complexity index is 874. The Kier molecular flexibility index (Phi) is 4.43. The lowest BCUT2D eigenvalue weighted by Gasteiger charge is -2.34. The van der Waals surface area contributed by atoms with E-state index in [9.17, 15) is 9.59 Å². The van der Waals surface area contributed by atoms with Gasteiger partial charge >= 0.3 is 0 Å². The highest BCUT2D eigenvalue weighted by molar-refractivity contribution is 5.92. The van der Waals surface area contributed by atoms with Crippen molar-refractivity contribution in [3.8, 4) is 0 Å². The number of fused-ring (bicyclic) bond motifs is 1. The van der Waals surface area contributed by atoms with Crippen molar-refractivity contribution >= 4 is 22.8 Å². The summed E-state index contributed by atoms with van der Waals surface area (Å²) in [4.78, 5) is 39.1. The van der Waals surface area contributed by atoms with E-state index in [0.717, 1.165) is 16.9 Å². The van der Waals surface area contributed by atoms with E-state index < -0.39 is 0 Å². The number of carbonyl (C=O) groups is 2. The van der Waals surface area contributed by atoms with Crippen LogP contribution in [0.1, 0.15) is 22.7 Å². The average molecular weight is 351 g/mol. The number of rotatable bonds is 4. The monoisotopic (exact) mass is 351 g/mol. The van der Waals surface area contributed by atoms with E-state index in [1.165, 1.54) is 0 Å². The first-order valence-corrected chi connectivity index (χ1v) is 8.85. The first-order valence-electron chi connectivity index (χ1n) is 8.85. The van der Waals surface area contributed by atoms with Gasteiger partial charge in [0.05, 0.1) is 11.0 Å². The number of carbonyl (C=O) groups excluding carboxylic acids is 2. The predicted molar refractivity (Wildman–Crippen MR) is 97.7 cm³/mol. The van der Waals surface area contributed by atoms with Gasteiger partial charge in [-0.15, -0.1) is 0 Å². The minimum atomic E-state index is -0.00984. The van der Waals surface area contributed by atoms with Gasteiger partial charge in [-0.3, -0.25) is 9.59 Å². The standard InChI is InChI=1S/C19H21N5O2/c25-18(8-7-17-21-14-4-1-2-5-15(14)22-17)23-10-12-24(13-11-23)19(26)16-6-3-9-20-16/h1-6,9,20H,7-8,10-13H2,(H,21,22). The first kappa shape index (κ1) is 16.4.